The average Bonchev–Trinajstić information content (AvgIpc) is 3.03. The Bertz CT molecular complexity index is 1510. The fourth-order valence-electron chi connectivity index (χ4n) is 4.36. The van der Waals surface area contributed by atoms with Gasteiger partial charge < -0.3 is 25.6 Å². The molecule has 0 aliphatic rings. The Morgan fingerprint density at radius 1 is 1.02 bits per heavy atom. The van der Waals surface area contributed by atoms with Crippen LogP contribution in [0.1, 0.15) is 31.4 Å². The van der Waals surface area contributed by atoms with Crippen molar-refractivity contribution in [3.63, 3.8) is 0 Å². The molecule has 0 amide bonds. The van der Waals surface area contributed by atoms with Gasteiger partial charge in [-0.05, 0) is 56.7 Å². The summed E-state index contributed by atoms with van der Waals surface area (Å²) >= 11 is 0. The zero-order valence-corrected chi connectivity index (χ0v) is 26.2. The molecule has 12 nitrogen and oxygen atoms in total. The topological polar surface area (TPSA) is 173 Å². The maximum Gasteiger partial charge on any atom is 0.179 e. The van der Waals surface area contributed by atoms with Crippen LogP contribution >= 0.6 is 0 Å². The number of aromatic nitrogens is 1. The van der Waals surface area contributed by atoms with Gasteiger partial charge in [0.2, 0.25) is 0 Å². The van der Waals surface area contributed by atoms with Gasteiger partial charge in [0.25, 0.3) is 0 Å². The lowest BCUT2D eigenvalue weighted by Gasteiger charge is -2.27. The van der Waals surface area contributed by atoms with Gasteiger partial charge in [0.05, 0.1) is 48.3 Å². The Morgan fingerprint density at radius 2 is 1.75 bits per heavy atom. The molecule has 0 radical (unpaired) electrons. The number of ether oxygens (including phenoxy) is 1. The SMILES string of the molecule is CCC(C)N(CCO)CCS(=O)(=O)c1ccc(N=Nc2c(Nc3ccccc3)nc(NCCOCCO)c(C#N)c2C)cc1. The van der Waals surface area contributed by atoms with Crippen LogP contribution in [0.3, 0.4) is 0 Å². The Kier molecular flexibility index (Phi) is 13.7. The van der Waals surface area contributed by atoms with Crippen LogP contribution in [0, 0.1) is 18.3 Å². The fraction of sp³-hybridized carbons (Fsp3) is 0.419. The number of aliphatic hydroxyl groups excluding tert-OH is 2. The van der Waals surface area contributed by atoms with Gasteiger partial charge >= 0.3 is 0 Å². The summed E-state index contributed by atoms with van der Waals surface area (Å²) in [6.45, 7) is 7.34. The molecule has 0 fully saturated rings. The number of nitrogens with one attached hydrogen (secondary N) is 2. The summed E-state index contributed by atoms with van der Waals surface area (Å²) in [6.07, 6.45) is 0.854. The van der Waals surface area contributed by atoms with Gasteiger partial charge in [-0.15, -0.1) is 5.11 Å². The molecule has 236 valence electrons. The normalized spacial score (nSPS) is 12.4. The monoisotopic (exact) mass is 623 g/mol. The third-order valence-electron chi connectivity index (χ3n) is 7.05. The van der Waals surface area contributed by atoms with Crippen LogP contribution in [0.5, 0.6) is 0 Å². The van der Waals surface area contributed by atoms with Gasteiger partial charge in [-0.1, -0.05) is 25.1 Å². The van der Waals surface area contributed by atoms with Crippen LogP contribution < -0.4 is 10.6 Å². The molecule has 0 saturated carbocycles. The van der Waals surface area contributed by atoms with Crippen molar-refractivity contribution in [2.75, 3.05) is 62.4 Å². The minimum absolute atomic E-state index is 0.0306. The Labute approximate surface area is 259 Å². The van der Waals surface area contributed by atoms with Gasteiger partial charge in [-0.2, -0.15) is 10.4 Å². The van der Waals surface area contributed by atoms with Gasteiger partial charge in [-0.3, -0.25) is 4.90 Å². The second kappa shape index (κ2) is 17.4. The first-order valence-electron chi connectivity index (χ1n) is 14.5. The maximum atomic E-state index is 13.0. The minimum atomic E-state index is -3.55. The number of sulfone groups is 1. The molecule has 4 N–H and O–H groups in total. The van der Waals surface area contributed by atoms with Crippen molar-refractivity contribution in [2.24, 2.45) is 10.2 Å². The van der Waals surface area contributed by atoms with E-state index in [0.717, 1.165) is 12.1 Å². The van der Waals surface area contributed by atoms with Crippen molar-refractivity contribution in [1.82, 2.24) is 9.88 Å². The van der Waals surface area contributed by atoms with Gasteiger partial charge in [0.15, 0.2) is 15.7 Å². The first-order valence-corrected chi connectivity index (χ1v) is 16.2. The van der Waals surface area contributed by atoms with E-state index in [1.54, 1.807) is 19.1 Å². The molecule has 13 heteroatoms. The van der Waals surface area contributed by atoms with E-state index in [9.17, 15) is 18.8 Å². The Hall–Kier alpha value is -3.93. The fourth-order valence-corrected chi connectivity index (χ4v) is 5.62. The van der Waals surface area contributed by atoms with Crippen molar-refractivity contribution < 1.29 is 23.4 Å². The highest BCUT2D eigenvalue weighted by molar-refractivity contribution is 7.91. The molecule has 0 spiro atoms. The van der Waals surface area contributed by atoms with Crippen LogP contribution in [-0.4, -0.2) is 86.4 Å². The van der Waals surface area contributed by atoms with Gasteiger partial charge in [0.1, 0.15) is 17.6 Å². The molecule has 0 aliphatic heterocycles. The lowest BCUT2D eigenvalue weighted by molar-refractivity contribution is 0.0992. The standard InChI is InChI=1S/C31H41N7O5S/c1-4-23(2)38(15-17-39)16-21-44(41,42)27-12-10-26(11-13-27)36-37-29-24(3)28(22-32)30(33-14-19-43-20-18-40)35-31(29)34-25-8-6-5-7-9-25/h5-13,23,39-40H,4,14-21H2,1-3H3,(H2,33,34,35). The number of azo groups is 1. The quantitative estimate of drug-likeness (QED) is 0.115. The molecule has 0 saturated heterocycles. The lowest BCUT2D eigenvalue weighted by atomic mass is 10.1. The molecule has 3 rings (SSSR count). The zero-order chi connectivity index (χ0) is 32.0. The molecular formula is C31H41N7O5S. The van der Waals surface area contributed by atoms with E-state index in [1.165, 1.54) is 12.1 Å². The molecular weight excluding hydrogens is 582 g/mol. The molecule has 1 unspecified atom stereocenters. The van der Waals surface area contributed by atoms with Crippen molar-refractivity contribution in [3.8, 4) is 6.07 Å². The Balaban J connectivity index is 1.86. The summed E-state index contributed by atoms with van der Waals surface area (Å²) in [5, 5.41) is 43.3. The summed E-state index contributed by atoms with van der Waals surface area (Å²) in [7, 11) is -3.55. The number of hydrogen-bond acceptors (Lipinski definition) is 12. The van der Waals surface area contributed by atoms with Gasteiger partial charge in [-0.25, -0.2) is 13.4 Å². The number of nitrogens with zero attached hydrogens (tertiary/aromatic N) is 5. The minimum Gasteiger partial charge on any atom is -0.395 e. The molecule has 1 atom stereocenters. The van der Waals surface area contributed by atoms with Crippen LogP contribution in [0.25, 0.3) is 0 Å². The van der Waals surface area contributed by atoms with Gasteiger partial charge in [0, 0.05) is 36.9 Å². The molecule has 0 aliphatic carbocycles. The predicted octanol–water partition coefficient (Wildman–Crippen LogP) is 4.71. The van der Waals surface area contributed by atoms with Crippen LogP contribution in [0.2, 0.25) is 0 Å². The van der Waals surface area contributed by atoms with E-state index < -0.39 is 9.84 Å². The highest BCUT2D eigenvalue weighted by Gasteiger charge is 2.20. The highest BCUT2D eigenvalue weighted by atomic mass is 32.2. The third kappa shape index (κ3) is 9.80. The van der Waals surface area contributed by atoms with E-state index in [0.29, 0.717) is 60.4 Å². The summed E-state index contributed by atoms with van der Waals surface area (Å²) in [5.74, 6) is 0.668. The number of anilines is 3. The summed E-state index contributed by atoms with van der Waals surface area (Å²) < 4.78 is 31.3. The maximum absolute atomic E-state index is 13.0. The van der Waals surface area contributed by atoms with Crippen molar-refractivity contribution in [2.45, 2.75) is 38.1 Å². The molecule has 0 bridgehead atoms. The van der Waals surface area contributed by atoms with E-state index in [4.69, 9.17) is 9.84 Å². The number of para-hydroxylation sites is 1. The lowest BCUT2D eigenvalue weighted by Crippen LogP contribution is -2.38. The summed E-state index contributed by atoms with van der Waals surface area (Å²) in [4.78, 5) is 6.79. The molecule has 2 aromatic carbocycles. The summed E-state index contributed by atoms with van der Waals surface area (Å²) in [6, 6.07) is 17.9. The molecule has 44 heavy (non-hydrogen) atoms. The zero-order valence-electron chi connectivity index (χ0n) is 25.4. The van der Waals surface area contributed by atoms with E-state index in [-0.39, 0.29) is 36.5 Å². The number of pyridine rings is 1. The molecule has 1 heterocycles. The van der Waals surface area contributed by atoms with E-state index >= 15 is 0 Å². The second-order valence-corrected chi connectivity index (χ2v) is 12.2. The molecule has 3 aromatic rings. The molecule has 1 aromatic heterocycles. The van der Waals surface area contributed by atoms with Crippen LogP contribution in [0.4, 0.5) is 28.7 Å². The smallest absolute Gasteiger partial charge is 0.179 e. The van der Waals surface area contributed by atoms with E-state index in [2.05, 4.69) is 31.9 Å². The predicted molar refractivity (Wildman–Crippen MR) is 171 cm³/mol. The number of rotatable bonds is 18. The first-order chi connectivity index (χ1) is 21.2. The van der Waals surface area contributed by atoms with Crippen molar-refractivity contribution in [3.05, 3.63) is 65.7 Å². The first kappa shape index (κ1) is 34.6. The Morgan fingerprint density at radius 3 is 2.39 bits per heavy atom. The number of hydrogen-bond donors (Lipinski definition) is 4. The number of benzene rings is 2. The highest BCUT2D eigenvalue weighted by Crippen LogP contribution is 2.36. The third-order valence-corrected chi connectivity index (χ3v) is 8.76. The number of nitriles is 1. The number of aliphatic hydroxyl groups is 2. The van der Waals surface area contributed by atoms with Crippen LogP contribution in [-0.2, 0) is 14.6 Å². The largest absolute Gasteiger partial charge is 0.395 e. The summed E-state index contributed by atoms with van der Waals surface area (Å²) in [5.41, 5.74) is 2.40. The van der Waals surface area contributed by atoms with Crippen molar-refractivity contribution in [1.29, 1.82) is 5.26 Å². The second-order valence-electron chi connectivity index (χ2n) is 10.1. The van der Waals surface area contributed by atoms with Crippen LogP contribution in [0.15, 0.2) is 69.7 Å². The average molecular weight is 624 g/mol. The van der Waals surface area contributed by atoms with E-state index in [1.807, 2.05) is 49.1 Å². The van der Waals surface area contributed by atoms with Crippen molar-refractivity contribution >= 4 is 38.5 Å².